The summed E-state index contributed by atoms with van der Waals surface area (Å²) in [5.74, 6) is 0. The van der Waals surface area contributed by atoms with E-state index >= 15 is 0 Å². The molecule has 2 nitrogen and oxygen atoms in total. The maximum absolute atomic E-state index is 9.20. The largest absolute Gasteiger partial charge is 0.413 e. The topological polar surface area (TPSA) is 29.5 Å². The van der Waals surface area contributed by atoms with Gasteiger partial charge in [-0.15, -0.1) is 0 Å². The number of aliphatic hydroxyl groups is 1. The fourth-order valence-corrected chi connectivity index (χ4v) is 3.02. The van der Waals surface area contributed by atoms with E-state index in [0.29, 0.717) is 0 Å². The molecule has 0 aliphatic heterocycles. The lowest BCUT2D eigenvalue weighted by molar-refractivity contribution is 0.0864. The summed E-state index contributed by atoms with van der Waals surface area (Å²) >= 11 is 0. The Hall–Kier alpha value is -0.643. The van der Waals surface area contributed by atoms with Crippen LogP contribution in [0, 0.1) is 5.41 Å². The van der Waals surface area contributed by atoms with Gasteiger partial charge in [0.15, 0.2) is 9.04 Å². The standard InChI is InChI=1S/C14H24O2Si/c1-14(2,3)13(16-17(4)5)12-8-6-7-11(9-12)10-15/h6-9,13,15,17H,10H2,1-5H3. The van der Waals surface area contributed by atoms with Gasteiger partial charge in [0, 0.05) is 0 Å². The van der Waals surface area contributed by atoms with Gasteiger partial charge in [-0.25, -0.2) is 0 Å². The minimum Gasteiger partial charge on any atom is -0.413 e. The maximum Gasteiger partial charge on any atom is 0.171 e. The first kappa shape index (κ1) is 14.4. The summed E-state index contributed by atoms with van der Waals surface area (Å²) in [5.41, 5.74) is 2.20. The van der Waals surface area contributed by atoms with Gasteiger partial charge in [-0.3, -0.25) is 0 Å². The molecule has 0 saturated carbocycles. The van der Waals surface area contributed by atoms with E-state index in [9.17, 15) is 5.11 Å². The minimum absolute atomic E-state index is 0.0748. The third-order valence-corrected chi connectivity index (χ3v) is 3.45. The fourth-order valence-electron chi connectivity index (χ4n) is 1.91. The maximum atomic E-state index is 9.20. The van der Waals surface area contributed by atoms with Crippen molar-refractivity contribution in [2.45, 2.75) is 46.6 Å². The summed E-state index contributed by atoms with van der Waals surface area (Å²) in [5, 5.41) is 9.20. The Labute approximate surface area is 106 Å². The van der Waals surface area contributed by atoms with Crippen LogP contribution in [-0.2, 0) is 11.0 Å². The molecule has 0 saturated heterocycles. The van der Waals surface area contributed by atoms with E-state index in [4.69, 9.17) is 4.43 Å². The molecule has 0 bridgehead atoms. The quantitative estimate of drug-likeness (QED) is 0.833. The Morgan fingerprint density at radius 1 is 1.29 bits per heavy atom. The van der Waals surface area contributed by atoms with Crippen LogP contribution in [0.25, 0.3) is 0 Å². The van der Waals surface area contributed by atoms with Gasteiger partial charge in [0.05, 0.1) is 12.7 Å². The molecule has 0 aromatic heterocycles. The van der Waals surface area contributed by atoms with Gasteiger partial charge in [0.1, 0.15) is 0 Å². The van der Waals surface area contributed by atoms with Crippen molar-refractivity contribution in [2.75, 3.05) is 0 Å². The molecule has 0 spiro atoms. The number of hydrogen-bond donors (Lipinski definition) is 1. The summed E-state index contributed by atoms with van der Waals surface area (Å²) in [7, 11) is -1.09. The zero-order chi connectivity index (χ0) is 13.1. The predicted molar refractivity (Wildman–Crippen MR) is 74.5 cm³/mol. The van der Waals surface area contributed by atoms with Gasteiger partial charge in [-0.05, 0) is 29.6 Å². The average molecular weight is 252 g/mol. The number of hydrogen-bond acceptors (Lipinski definition) is 2. The van der Waals surface area contributed by atoms with E-state index in [1.807, 2.05) is 18.2 Å². The molecular formula is C14H24O2Si. The molecule has 0 fully saturated rings. The lowest BCUT2D eigenvalue weighted by Gasteiger charge is -2.33. The molecule has 0 aliphatic rings. The number of benzene rings is 1. The predicted octanol–water partition coefficient (Wildman–Crippen LogP) is 3.27. The molecule has 0 heterocycles. The molecule has 1 aromatic rings. The minimum atomic E-state index is -1.09. The second kappa shape index (κ2) is 5.80. The van der Waals surface area contributed by atoms with Crippen molar-refractivity contribution in [1.82, 2.24) is 0 Å². The van der Waals surface area contributed by atoms with Gasteiger partial charge < -0.3 is 9.53 Å². The van der Waals surface area contributed by atoms with Crippen molar-refractivity contribution in [2.24, 2.45) is 5.41 Å². The van der Waals surface area contributed by atoms with Crippen LogP contribution >= 0.6 is 0 Å². The summed E-state index contributed by atoms with van der Waals surface area (Å²) in [6, 6.07) is 8.07. The summed E-state index contributed by atoms with van der Waals surface area (Å²) in [6.07, 6.45) is 0.112. The Bertz CT molecular complexity index is 355. The molecule has 1 N–H and O–H groups in total. The van der Waals surface area contributed by atoms with Crippen molar-refractivity contribution < 1.29 is 9.53 Å². The normalized spacial score (nSPS) is 14.1. The zero-order valence-electron chi connectivity index (χ0n) is 11.5. The molecule has 1 unspecified atom stereocenters. The fraction of sp³-hybridized carbons (Fsp3) is 0.571. The van der Waals surface area contributed by atoms with E-state index in [-0.39, 0.29) is 18.1 Å². The van der Waals surface area contributed by atoms with Crippen molar-refractivity contribution in [3.63, 3.8) is 0 Å². The van der Waals surface area contributed by atoms with Crippen LogP contribution in [0.15, 0.2) is 24.3 Å². The second-order valence-corrected chi connectivity index (χ2v) is 8.20. The van der Waals surface area contributed by atoms with E-state index < -0.39 is 9.04 Å². The highest BCUT2D eigenvalue weighted by molar-refractivity contribution is 6.48. The molecule has 1 aromatic carbocycles. The monoisotopic (exact) mass is 252 g/mol. The zero-order valence-corrected chi connectivity index (χ0v) is 12.7. The smallest absolute Gasteiger partial charge is 0.171 e. The first-order chi connectivity index (χ1) is 7.84. The van der Waals surface area contributed by atoms with Crippen LogP contribution in [0.4, 0.5) is 0 Å². The highest BCUT2D eigenvalue weighted by atomic mass is 28.3. The highest BCUT2D eigenvalue weighted by Gasteiger charge is 2.27. The van der Waals surface area contributed by atoms with Crippen molar-refractivity contribution >= 4 is 9.04 Å². The second-order valence-electron chi connectivity index (χ2n) is 5.83. The summed E-state index contributed by atoms with van der Waals surface area (Å²) < 4.78 is 6.16. The average Bonchev–Trinajstić information content (AvgIpc) is 2.24. The van der Waals surface area contributed by atoms with Gasteiger partial charge in [0.2, 0.25) is 0 Å². The lowest BCUT2D eigenvalue weighted by atomic mass is 9.84. The molecule has 17 heavy (non-hydrogen) atoms. The Kier molecular flexibility index (Phi) is 4.92. The molecular weight excluding hydrogens is 228 g/mol. The highest BCUT2D eigenvalue weighted by Crippen LogP contribution is 2.36. The van der Waals surface area contributed by atoms with Crippen LogP contribution in [0.1, 0.15) is 38.0 Å². The molecule has 3 heteroatoms. The van der Waals surface area contributed by atoms with Crippen LogP contribution in [0.5, 0.6) is 0 Å². The van der Waals surface area contributed by atoms with E-state index in [1.165, 1.54) is 5.56 Å². The van der Waals surface area contributed by atoms with Gasteiger partial charge in [-0.1, -0.05) is 45.0 Å². The van der Waals surface area contributed by atoms with Crippen molar-refractivity contribution in [3.05, 3.63) is 35.4 Å². The Balaban J connectivity index is 3.04. The molecule has 96 valence electrons. The van der Waals surface area contributed by atoms with E-state index in [2.05, 4.69) is 39.9 Å². The molecule has 1 rings (SSSR count). The third-order valence-electron chi connectivity index (χ3n) is 2.63. The molecule has 1 atom stereocenters. The van der Waals surface area contributed by atoms with Gasteiger partial charge in [0.25, 0.3) is 0 Å². The van der Waals surface area contributed by atoms with Crippen LogP contribution < -0.4 is 0 Å². The number of rotatable bonds is 4. The van der Waals surface area contributed by atoms with Crippen LogP contribution in [-0.4, -0.2) is 14.1 Å². The SMILES string of the molecule is C[SiH](C)OC(c1cccc(CO)c1)C(C)(C)C. The number of aliphatic hydroxyl groups excluding tert-OH is 1. The Morgan fingerprint density at radius 2 is 1.94 bits per heavy atom. The molecule has 0 amide bonds. The molecule has 0 radical (unpaired) electrons. The first-order valence-electron chi connectivity index (χ1n) is 6.19. The lowest BCUT2D eigenvalue weighted by Crippen LogP contribution is -2.26. The van der Waals surface area contributed by atoms with Gasteiger partial charge in [-0.2, -0.15) is 0 Å². The van der Waals surface area contributed by atoms with Crippen molar-refractivity contribution in [1.29, 1.82) is 0 Å². The van der Waals surface area contributed by atoms with Crippen LogP contribution in [0.2, 0.25) is 13.1 Å². The third kappa shape index (κ3) is 4.26. The van der Waals surface area contributed by atoms with Gasteiger partial charge >= 0.3 is 0 Å². The summed E-state index contributed by atoms with van der Waals surface area (Å²) in [4.78, 5) is 0. The Morgan fingerprint density at radius 3 is 2.41 bits per heavy atom. The summed E-state index contributed by atoms with van der Waals surface area (Å²) in [6.45, 7) is 11.0. The molecule has 0 aliphatic carbocycles. The van der Waals surface area contributed by atoms with E-state index in [0.717, 1.165) is 5.56 Å². The first-order valence-corrected chi connectivity index (χ1v) is 8.98. The van der Waals surface area contributed by atoms with Crippen LogP contribution in [0.3, 0.4) is 0 Å². The van der Waals surface area contributed by atoms with E-state index in [1.54, 1.807) is 0 Å². The van der Waals surface area contributed by atoms with Crippen molar-refractivity contribution in [3.8, 4) is 0 Å².